The van der Waals surface area contributed by atoms with Gasteiger partial charge in [-0.25, -0.2) is 0 Å². The molecular formula is C101H112N2Si3. The van der Waals surface area contributed by atoms with Gasteiger partial charge in [0.25, 0.3) is 0 Å². The van der Waals surface area contributed by atoms with E-state index in [-0.39, 0.29) is 0 Å². The summed E-state index contributed by atoms with van der Waals surface area (Å²) in [5, 5.41) is 9.41. The minimum Gasteiger partial charge on any atom is -0.309 e. The maximum atomic E-state index is 2.81. The second kappa shape index (κ2) is 30.6. The fourth-order valence-corrected chi connectivity index (χ4v) is 22.3. The van der Waals surface area contributed by atoms with Crippen LogP contribution in [0.5, 0.6) is 0 Å². The van der Waals surface area contributed by atoms with Gasteiger partial charge in [-0.1, -0.05) is 334 Å². The molecule has 16 rings (SSSR count). The molecule has 0 spiro atoms. The second-order valence-corrected chi connectivity index (χ2v) is 50.7. The van der Waals surface area contributed by atoms with Crippen LogP contribution in [-0.2, 0) is 0 Å². The van der Waals surface area contributed by atoms with E-state index in [9.17, 15) is 0 Å². The molecule has 0 aromatic heterocycles. The number of benzene rings is 12. The van der Waals surface area contributed by atoms with Crippen LogP contribution < -0.4 is 25.4 Å². The zero-order valence-corrected chi connectivity index (χ0v) is 68.0. The van der Waals surface area contributed by atoms with Crippen molar-refractivity contribution in [2.24, 2.45) is 0 Å². The van der Waals surface area contributed by atoms with E-state index >= 15 is 0 Å². The molecule has 5 heteroatoms. The summed E-state index contributed by atoms with van der Waals surface area (Å²) in [7, 11) is -4.82. The Bertz CT molecular complexity index is 4920. The molecule has 4 aliphatic rings. The molecule has 0 bridgehead atoms. The average Bonchev–Trinajstić information content (AvgIpc) is 0.704. The quantitative estimate of drug-likeness (QED) is 0.0480. The zero-order chi connectivity index (χ0) is 72.7. The summed E-state index contributed by atoms with van der Waals surface area (Å²) in [6.07, 6.45) is 25.6. The predicted molar refractivity (Wildman–Crippen MR) is 470 cm³/mol. The lowest BCUT2D eigenvalue weighted by molar-refractivity contribution is 0.435. The molecule has 0 heterocycles. The highest BCUT2D eigenvalue weighted by Crippen LogP contribution is 2.55. The van der Waals surface area contributed by atoms with Crippen LogP contribution in [0, 0.1) is 0 Å². The van der Waals surface area contributed by atoms with Crippen molar-refractivity contribution in [3.05, 3.63) is 271 Å². The first-order chi connectivity index (χ1) is 51.4. The summed E-state index contributed by atoms with van der Waals surface area (Å²) in [4.78, 5) is 5.61. The number of nitrogens with zero attached hydrogens (tertiary/aromatic N) is 2. The fourth-order valence-electron chi connectivity index (χ4n) is 18.8. The summed E-state index contributed by atoms with van der Waals surface area (Å²) in [6, 6.07) is 100. The van der Waals surface area contributed by atoms with Crippen molar-refractivity contribution in [3.63, 3.8) is 0 Å². The zero-order valence-electron chi connectivity index (χ0n) is 65.0. The summed E-state index contributed by atoms with van der Waals surface area (Å²) >= 11 is 0. The third kappa shape index (κ3) is 15.3. The van der Waals surface area contributed by atoms with E-state index < -0.39 is 24.2 Å². The second-order valence-electron chi connectivity index (χ2n) is 35.5. The number of anilines is 6. The minimum absolute atomic E-state index is 0.517. The lowest BCUT2D eigenvalue weighted by Gasteiger charge is -2.35. The van der Waals surface area contributed by atoms with Crippen LogP contribution in [0.3, 0.4) is 0 Å². The van der Waals surface area contributed by atoms with Gasteiger partial charge in [0, 0.05) is 44.3 Å². The molecule has 0 radical (unpaired) electrons. The Hall–Kier alpha value is -8.59. The van der Waals surface area contributed by atoms with Gasteiger partial charge in [0.15, 0.2) is 0 Å². The maximum Gasteiger partial charge on any atom is 0.0775 e. The Kier molecular flexibility index (Phi) is 20.7. The van der Waals surface area contributed by atoms with E-state index in [1.165, 1.54) is 278 Å². The van der Waals surface area contributed by atoms with Crippen LogP contribution >= 0.6 is 0 Å². The summed E-state index contributed by atoms with van der Waals surface area (Å²) in [6.45, 7) is 22.3. The molecule has 4 fully saturated rings. The van der Waals surface area contributed by atoms with Crippen LogP contribution in [0.15, 0.2) is 249 Å². The molecule has 0 saturated heterocycles. The van der Waals surface area contributed by atoms with E-state index in [1.54, 1.807) is 0 Å². The SMILES string of the molecule is C[Si](C)(C)c1ccc(-c2cc(-c3ccc([Si](C)(C)C)cc3)cc(N(c3cc(C4CCCCC4)cc(C4CCCCC4)c3)c3c4ccccc4c(N(c4cc(-c5ccccc5)cc(-c5ccc([Si](C)(C)C)cc5)c4)c4cc(C5CCCCC5)cc(C5CCCCC5)c4)c4cc(-c5ccccc5)ccc34)c2)cc1. The van der Waals surface area contributed by atoms with Gasteiger partial charge in [-0.2, -0.15) is 0 Å². The van der Waals surface area contributed by atoms with E-state index in [0.717, 1.165) is 0 Å². The molecule has 0 unspecified atom stereocenters. The van der Waals surface area contributed by atoms with Crippen molar-refractivity contribution in [1.29, 1.82) is 0 Å². The summed E-state index contributed by atoms with van der Waals surface area (Å²) in [5.74, 6) is 2.07. The van der Waals surface area contributed by atoms with Crippen molar-refractivity contribution in [1.82, 2.24) is 0 Å². The van der Waals surface area contributed by atoms with Gasteiger partial charge in [0.05, 0.1) is 35.6 Å². The molecule has 538 valence electrons. The van der Waals surface area contributed by atoms with E-state index in [1.807, 2.05) is 0 Å². The average molecular weight is 1440 g/mol. The largest absolute Gasteiger partial charge is 0.309 e. The molecular weight excluding hydrogens is 1330 g/mol. The Morgan fingerprint density at radius 3 is 0.774 bits per heavy atom. The first kappa shape index (κ1) is 71.7. The number of fused-ring (bicyclic) bond motifs is 2. The fraction of sp³-hybridized carbons (Fsp3) is 0.327. The molecule has 2 nitrogen and oxygen atoms in total. The molecule has 0 N–H and O–H groups in total. The monoisotopic (exact) mass is 1440 g/mol. The molecule has 4 saturated carbocycles. The molecule has 0 aliphatic heterocycles. The standard InChI is InChI=1S/C101H112N2Si3/c1-104(2,3)93-51-44-77(45-52-93)86-60-85(76-40-26-15-27-41-76)66-92(69-86)103(91-64-83(74-36-22-13-23-37-74)59-84(65-91)75-38-24-14-25-39-75)101-97-43-29-28-42-96(97)100(98-57-50-80(70-99(98)101)71-30-16-10-17-31-71)102(89-62-81(72-32-18-11-19-33-72)58-82(63-89)73-34-20-12-21-35-73)90-67-87(78-46-53-94(54-47-78)105(4,5)6)61-88(68-90)79-48-55-95(56-49-79)106(7,8)9/h10,15-17,26-31,40-70,72-75H,11-14,18-25,32-39H2,1-9H3. The van der Waals surface area contributed by atoms with Gasteiger partial charge in [0.2, 0.25) is 0 Å². The Balaban J connectivity index is 1.05. The first-order valence-electron chi connectivity index (χ1n) is 41.0. The Morgan fingerprint density at radius 1 is 0.208 bits per heavy atom. The van der Waals surface area contributed by atoms with Gasteiger partial charge < -0.3 is 9.80 Å². The first-order valence-corrected chi connectivity index (χ1v) is 51.5. The van der Waals surface area contributed by atoms with Crippen LogP contribution in [0.25, 0.3) is 77.2 Å². The number of rotatable bonds is 18. The number of hydrogen-bond donors (Lipinski definition) is 0. The van der Waals surface area contributed by atoms with Gasteiger partial charge in [-0.3, -0.25) is 0 Å². The van der Waals surface area contributed by atoms with Crippen molar-refractivity contribution in [2.45, 2.75) is 211 Å². The number of hydrogen-bond acceptors (Lipinski definition) is 2. The molecule has 12 aromatic rings. The van der Waals surface area contributed by atoms with Crippen molar-refractivity contribution in [2.75, 3.05) is 9.80 Å². The van der Waals surface area contributed by atoms with Gasteiger partial charge >= 0.3 is 0 Å². The molecule has 0 atom stereocenters. The third-order valence-electron chi connectivity index (χ3n) is 25.0. The van der Waals surface area contributed by atoms with E-state index in [0.29, 0.717) is 23.7 Å². The van der Waals surface area contributed by atoms with E-state index in [2.05, 4.69) is 317 Å². The van der Waals surface area contributed by atoms with E-state index in [4.69, 9.17) is 0 Å². The van der Waals surface area contributed by atoms with Crippen LogP contribution in [0.2, 0.25) is 58.9 Å². The summed E-state index contributed by atoms with van der Waals surface area (Å²) in [5.41, 5.74) is 25.8. The smallest absolute Gasteiger partial charge is 0.0775 e. The van der Waals surface area contributed by atoms with Crippen molar-refractivity contribution >= 4 is 95.5 Å². The molecule has 0 amide bonds. The van der Waals surface area contributed by atoms with Gasteiger partial charge in [0.1, 0.15) is 0 Å². The van der Waals surface area contributed by atoms with Gasteiger partial charge in [-0.15, -0.1) is 0 Å². The van der Waals surface area contributed by atoms with Crippen molar-refractivity contribution in [3.8, 4) is 55.6 Å². The normalized spacial score (nSPS) is 16.2. The molecule has 4 aliphatic carbocycles. The molecule has 106 heavy (non-hydrogen) atoms. The van der Waals surface area contributed by atoms with Crippen LogP contribution in [-0.4, -0.2) is 24.2 Å². The van der Waals surface area contributed by atoms with Gasteiger partial charge in [-0.05, 0) is 220 Å². The Morgan fingerprint density at radius 2 is 0.462 bits per heavy atom. The topological polar surface area (TPSA) is 6.48 Å². The Labute approximate surface area is 638 Å². The highest BCUT2D eigenvalue weighted by Gasteiger charge is 2.32. The minimum atomic E-state index is -1.61. The summed E-state index contributed by atoms with van der Waals surface area (Å²) < 4.78 is 0. The third-order valence-corrected chi connectivity index (χ3v) is 31.2. The van der Waals surface area contributed by atoms with Crippen molar-refractivity contribution < 1.29 is 0 Å². The molecule has 12 aromatic carbocycles. The van der Waals surface area contributed by atoms with Crippen LogP contribution in [0.1, 0.15) is 174 Å². The highest BCUT2D eigenvalue weighted by molar-refractivity contribution is 6.89. The lowest BCUT2D eigenvalue weighted by Crippen LogP contribution is -2.37. The lowest BCUT2D eigenvalue weighted by atomic mass is 9.79. The highest BCUT2D eigenvalue weighted by atomic mass is 28.3. The predicted octanol–water partition coefficient (Wildman–Crippen LogP) is 29.1. The maximum absolute atomic E-state index is 2.81. The van der Waals surface area contributed by atoms with Crippen LogP contribution in [0.4, 0.5) is 34.1 Å².